The van der Waals surface area contributed by atoms with Crippen molar-refractivity contribution in [2.45, 2.75) is 13.0 Å². The van der Waals surface area contributed by atoms with Crippen LogP contribution in [0.1, 0.15) is 18.5 Å². The number of hydrogen-bond acceptors (Lipinski definition) is 3. The van der Waals surface area contributed by atoms with Crippen LogP contribution < -0.4 is 10.5 Å². The molecule has 1 atom stereocenters. The number of hydrogen-bond donors (Lipinski definition) is 1. The third-order valence-electron chi connectivity index (χ3n) is 2.40. The quantitative estimate of drug-likeness (QED) is 0.938. The van der Waals surface area contributed by atoms with Crippen LogP contribution in [0.5, 0.6) is 11.6 Å². The lowest BCUT2D eigenvalue weighted by Gasteiger charge is -2.12. The standard InChI is InChI=1S/C13H12BrFN2O/c1-8(16)10-3-2-6-17-13(10)18-9-4-5-11(14)12(15)7-9/h2-8H,16H2,1H3/t8-/m0/s1. The Bertz CT molecular complexity index is 560. The summed E-state index contributed by atoms with van der Waals surface area (Å²) < 4.78 is 19.3. The number of rotatable bonds is 3. The Morgan fingerprint density at radius 1 is 1.39 bits per heavy atom. The van der Waals surface area contributed by atoms with E-state index in [9.17, 15) is 4.39 Å². The molecule has 2 rings (SSSR count). The van der Waals surface area contributed by atoms with E-state index in [1.165, 1.54) is 6.07 Å². The van der Waals surface area contributed by atoms with Crippen molar-refractivity contribution in [3.8, 4) is 11.6 Å². The Morgan fingerprint density at radius 3 is 2.83 bits per heavy atom. The van der Waals surface area contributed by atoms with Gasteiger partial charge in [-0.2, -0.15) is 0 Å². The molecule has 1 heterocycles. The lowest BCUT2D eigenvalue weighted by molar-refractivity contribution is 0.447. The molecule has 0 spiro atoms. The maximum absolute atomic E-state index is 13.4. The first-order valence-corrected chi connectivity index (χ1v) is 6.20. The first-order chi connectivity index (χ1) is 8.58. The van der Waals surface area contributed by atoms with Crippen LogP contribution in [-0.4, -0.2) is 4.98 Å². The highest BCUT2D eigenvalue weighted by molar-refractivity contribution is 9.10. The van der Waals surface area contributed by atoms with Crippen LogP contribution in [0.2, 0.25) is 0 Å². The lowest BCUT2D eigenvalue weighted by atomic mass is 10.1. The summed E-state index contributed by atoms with van der Waals surface area (Å²) >= 11 is 3.09. The monoisotopic (exact) mass is 310 g/mol. The molecular formula is C13H12BrFN2O. The van der Waals surface area contributed by atoms with E-state index in [4.69, 9.17) is 10.5 Å². The van der Waals surface area contributed by atoms with E-state index in [1.807, 2.05) is 13.0 Å². The van der Waals surface area contributed by atoms with E-state index in [2.05, 4.69) is 20.9 Å². The highest BCUT2D eigenvalue weighted by atomic mass is 79.9. The summed E-state index contributed by atoms with van der Waals surface area (Å²) in [5.41, 5.74) is 6.60. The second-order valence-electron chi connectivity index (χ2n) is 3.86. The molecule has 0 aliphatic carbocycles. The van der Waals surface area contributed by atoms with Gasteiger partial charge < -0.3 is 10.5 Å². The Labute approximate surface area is 113 Å². The fraction of sp³-hybridized carbons (Fsp3) is 0.154. The van der Waals surface area contributed by atoms with Gasteiger partial charge in [0.25, 0.3) is 0 Å². The molecule has 1 aromatic heterocycles. The van der Waals surface area contributed by atoms with Crippen LogP contribution in [0.3, 0.4) is 0 Å². The number of aromatic nitrogens is 1. The van der Waals surface area contributed by atoms with E-state index < -0.39 is 0 Å². The van der Waals surface area contributed by atoms with Gasteiger partial charge in [0, 0.05) is 23.9 Å². The first kappa shape index (κ1) is 13.0. The maximum atomic E-state index is 13.4. The van der Waals surface area contributed by atoms with Crippen molar-refractivity contribution >= 4 is 15.9 Å². The molecule has 2 aromatic rings. The average molecular weight is 311 g/mol. The number of nitrogens with two attached hydrogens (primary N) is 1. The first-order valence-electron chi connectivity index (χ1n) is 5.41. The Balaban J connectivity index is 2.31. The van der Waals surface area contributed by atoms with Crippen LogP contribution in [0.15, 0.2) is 41.0 Å². The summed E-state index contributed by atoms with van der Waals surface area (Å²) in [7, 11) is 0. The predicted octanol–water partition coefficient (Wildman–Crippen LogP) is 3.80. The molecule has 0 saturated carbocycles. The fourth-order valence-electron chi connectivity index (χ4n) is 1.49. The van der Waals surface area contributed by atoms with Gasteiger partial charge in [-0.15, -0.1) is 0 Å². The van der Waals surface area contributed by atoms with Gasteiger partial charge in [0.05, 0.1) is 4.47 Å². The highest BCUT2D eigenvalue weighted by Gasteiger charge is 2.10. The number of pyridine rings is 1. The zero-order valence-corrected chi connectivity index (χ0v) is 11.3. The normalized spacial score (nSPS) is 12.2. The second kappa shape index (κ2) is 5.46. The fourth-order valence-corrected chi connectivity index (χ4v) is 1.73. The van der Waals surface area contributed by atoms with E-state index in [0.29, 0.717) is 16.1 Å². The summed E-state index contributed by atoms with van der Waals surface area (Å²) in [5, 5.41) is 0. The minimum Gasteiger partial charge on any atom is -0.439 e. The third-order valence-corrected chi connectivity index (χ3v) is 3.04. The van der Waals surface area contributed by atoms with Crippen LogP contribution in [0.4, 0.5) is 4.39 Å². The van der Waals surface area contributed by atoms with Crippen LogP contribution in [0, 0.1) is 5.82 Å². The third kappa shape index (κ3) is 2.86. The largest absolute Gasteiger partial charge is 0.439 e. The number of nitrogens with zero attached hydrogens (tertiary/aromatic N) is 1. The van der Waals surface area contributed by atoms with Crippen molar-refractivity contribution in [3.05, 3.63) is 52.4 Å². The minimum atomic E-state index is -0.384. The Kier molecular flexibility index (Phi) is 3.93. The molecule has 0 radical (unpaired) electrons. The van der Waals surface area contributed by atoms with Crippen molar-refractivity contribution < 1.29 is 9.13 Å². The zero-order chi connectivity index (χ0) is 13.1. The van der Waals surface area contributed by atoms with E-state index in [-0.39, 0.29) is 11.9 Å². The maximum Gasteiger partial charge on any atom is 0.223 e. The molecule has 5 heteroatoms. The molecule has 0 saturated heterocycles. The molecule has 94 valence electrons. The summed E-state index contributed by atoms with van der Waals surface area (Å²) in [4.78, 5) is 4.11. The van der Waals surface area contributed by atoms with Crippen molar-refractivity contribution in [1.29, 1.82) is 0 Å². The van der Waals surface area contributed by atoms with Gasteiger partial charge >= 0.3 is 0 Å². The van der Waals surface area contributed by atoms with Crippen LogP contribution >= 0.6 is 15.9 Å². The molecule has 2 N–H and O–H groups in total. The summed E-state index contributed by atoms with van der Waals surface area (Å²) in [6.07, 6.45) is 1.61. The van der Waals surface area contributed by atoms with Gasteiger partial charge in [-0.1, -0.05) is 6.07 Å². The highest BCUT2D eigenvalue weighted by Crippen LogP contribution is 2.28. The average Bonchev–Trinajstić information content (AvgIpc) is 2.34. The molecule has 0 aliphatic heterocycles. The van der Waals surface area contributed by atoms with Crippen molar-refractivity contribution in [2.75, 3.05) is 0 Å². The van der Waals surface area contributed by atoms with E-state index in [1.54, 1.807) is 24.4 Å². The topological polar surface area (TPSA) is 48.1 Å². The van der Waals surface area contributed by atoms with Gasteiger partial charge in [-0.05, 0) is 41.1 Å². The van der Waals surface area contributed by atoms with Crippen molar-refractivity contribution in [2.24, 2.45) is 5.73 Å². The van der Waals surface area contributed by atoms with Gasteiger partial charge in [0.2, 0.25) is 5.88 Å². The molecule has 3 nitrogen and oxygen atoms in total. The van der Waals surface area contributed by atoms with Gasteiger partial charge in [0.1, 0.15) is 11.6 Å². The molecule has 0 fully saturated rings. The van der Waals surface area contributed by atoms with E-state index in [0.717, 1.165) is 5.56 Å². The van der Waals surface area contributed by atoms with Crippen molar-refractivity contribution in [1.82, 2.24) is 4.98 Å². The summed E-state index contributed by atoms with van der Waals surface area (Å²) in [6, 6.07) is 7.96. The number of ether oxygens (including phenoxy) is 1. The van der Waals surface area contributed by atoms with Crippen LogP contribution in [0.25, 0.3) is 0 Å². The predicted molar refractivity (Wildman–Crippen MR) is 71.0 cm³/mol. The van der Waals surface area contributed by atoms with Crippen molar-refractivity contribution in [3.63, 3.8) is 0 Å². The molecule has 0 bridgehead atoms. The lowest BCUT2D eigenvalue weighted by Crippen LogP contribution is -2.07. The number of benzene rings is 1. The molecular weight excluding hydrogens is 299 g/mol. The summed E-state index contributed by atoms with van der Waals surface area (Å²) in [6.45, 7) is 1.84. The Morgan fingerprint density at radius 2 is 2.17 bits per heavy atom. The van der Waals surface area contributed by atoms with Gasteiger partial charge in [-0.25, -0.2) is 9.37 Å². The molecule has 0 unspecified atom stereocenters. The molecule has 18 heavy (non-hydrogen) atoms. The number of halogens is 2. The molecule has 0 amide bonds. The molecule has 1 aromatic carbocycles. The molecule has 0 aliphatic rings. The Hall–Kier alpha value is -1.46. The second-order valence-corrected chi connectivity index (χ2v) is 4.72. The van der Waals surface area contributed by atoms with E-state index >= 15 is 0 Å². The minimum absolute atomic E-state index is 0.200. The van der Waals surface area contributed by atoms with Gasteiger partial charge in [0.15, 0.2) is 0 Å². The van der Waals surface area contributed by atoms with Gasteiger partial charge in [-0.3, -0.25) is 0 Å². The smallest absolute Gasteiger partial charge is 0.223 e. The SMILES string of the molecule is C[C@H](N)c1cccnc1Oc1ccc(Br)c(F)c1. The zero-order valence-electron chi connectivity index (χ0n) is 9.73. The summed E-state index contributed by atoms with van der Waals surface area (Å²) in [5.74, 6) is 0.399. The van der Waals surface area contributed by atoms with Crippen LogP contribution in [-0.2, 0) is 0 Å².